The van der Waals surface area contributed by atoms with E-state index in [4.69, 9.17) is 9.26 Å². The summed E-state index contributed by atoms with van der Waals surface area (Å²) in [6, 6.07) is 6.26. The molecular weight excluding hydrogens is 382 g/mol. The number of likely N-dealkylation sites (N-methyl/N-ethyl adjacent to an activating group) is 1. The van der Waals surface area contributed by atoms with Crippen LogP contribution in [0.25, 0.3) is 16.6 Å². The van der Waals surface area contributed by atoms with E-state index >= 15 is 0 Å². The van der Waals surface area contributed by atoms with Gasteiger partial charge in [0.05, 0.1) is 11.1 Å². The largest absolute Gasteiger partial charge is 0.473 e. The molecule has 0 spiro atoms. The summed E-state index contributed by atoms with van der Waals surface area (Å²) in [5, 5.41) is 11.5. The molecule has 1 aliphatic heterocycles. The van der Waals surface area contributed by atoms with Crippen LogP contribution in [0.5, 0.6) is 5.88 Å². The highest BCUT2D eigenvalue weighted by molar-refractivity contribution is 5.93. The lowest BCUT2D eigenvalue weighted by molar-refractivity contribution is -0.117. The maximum atomic E-state index is 12.0. The van der Waals surface area contributed by atoms with Gasteiger partial charge in [0.15, 0.2) is 5.82 Å². The van der Waals surface area contributed by atoms with Gasteiger partial charge >= 0.3 is 0 Å². The molecule has 0 unspecified atom stereocenters. The van der Waals surface area contributed by atoms with E-state index in [-0.39, 0.29) is 11.8 Å². The van der Waals surface area contributed by atoms with E-state index in [1.54, 1.807) is 4.52 Å². The maximum absolute atomic E-state index is 12.0. The molecule has 1 saturated heterocycles. The van der Waals surface area contributed by atoms with E-state index in [2.05, 4.69) is 27.5 Å². The molecule has 1 atom stereocenters. The van der Waals surface area contributed by atoms with E-state index in [9.17, 15) is 4.79 Å². The number of rotatable bonds is 6. The molecule has 1 N–H and O–H groups in total. The summed E-state index contributed by atoms with van der Waals surface area (Å²) in [4.78, 5) is 14.4. The topological polar surface area (TPSA) is 84.9 Å². The fourth-order valence-electron chi connectivity index (χ4n) is 4.09. The predicted octanol–water partition coefficient (Wildman–Crippen LogP) is 3.51. The molecule has 30 heavy (non-hydrogen) atoms. The molecule has 4 heterocycles. The highest BCUT2D eigenvalue weighted by atomic mass is 16.5. The SMILES string of the molecule is Cc1onc(OC[C@@H]2CCCCN2C)c1-c1ccn2nc(NC(=O)C3CC3)cc2c1. The fourth-order valence-corrected chi connectivity index (χ4v) is 4.09. The summed E-state index contributed by atoms with van der Waals surface area (Å²) in [5.41, 5.74) is 2.70. The second kappa shape index (κ2) is 7.75. The van der Waals surface area contributed by atoms with E-state index in [0.29, 0.717) is 30.1 Å². The van der Waals surface area contributed by atoms with Gasteiger partial charge < -0.3 is 19.5 Å². The average Bonchev–Trinajstić information content (AvgIpc) is 3.42. The quantitative estimate of drug-likeness (QED) is 0.671. The summed E-state index contributed by atoms with van der Waals surface area (Å²) >= 11 is 0. The van der Waals surface area contributed by atoms with Crippen LogP contribution in [0, 0.1) is 12.8 Å². The number of carbonyl (C=O) groups excluding carboxylic acids is 1. The third-order valence-electron chi connectivity index (χ3n) is 6.12. The van der Waals surface area contributed by atoms with Gasteiger partial charge in [0.1, 0.15) is 12.4 Å². The van der Waals surface area contributed by atoms with Crippen molar-refractivity contribution in [3.8, 4) is 17.0 Å². The fraction of sp³-hybridized carbons (Fsp3) is 0.500. The van der Waals surface area contributed by atoms with Crippen molar-refractivity contribution in [2.75, 3.05) is 25.5 Å². The van der Waals surface area contributed by atoms with Gasteiger partial charge in [-0.15, -0.1) is 0 Å². The molecule has 2 fully saturated rings. The molecule has 1 saturated carbocycles. The first-order valence-electron chi connectivity index (χ1n) is 10.7. The van der Waals surface area contributed by atoms with Crippen LogP contribution in [0.4, 0.5) is 5.82 Å². The maximum Gasteiger partial charge on any atom is 0.262 e. The first kappa shape index (κ1) is 19.1. The number of nitrogens with one attached hydrogen (secondary N) is 1. The van der Waals surface area contributed by atoms with Crippen molar-refractivity contribution in [2.24, 2.45) is 5.92 Å². The van der Waals surface area contributed by atoms with Crippen molar-refractivity contribution in [2.45, 2.75) is 45.1 Å². The van der Waals surface area contributed by atoms with Gasteiger partial charge in [0.25, 0.3) is 5.88 Å². The molecule has 8 nitrogen and oxygen atoms in total. The number of amides is 1. The molecule has 3 aromatic heterocycles. The van der Waals surface area contributed by atoms with Crippen LogP contribution in [-0.2, 0) is 4.79 Å². The number of anilines is 1. The molecule has 1 aliphatic carbocycles. The van der Waals surface area contributed by atoms with Crippen molar-refractivity contribution in [1.29, 1.82) is 0 Å². The number of nitrogens with zero attached hydrogens (tertiary/aromatic N) is 4. The Bertz CT molecular complexity index is 1070. The Hall–Kier alpha value is -2.87. The lowest BCUT2D eigenvalue weighted by atomic mass is 10.0. The van der Waals surface area contributed by atoms with Crippen molar-refractivity contribution >= 4 is 17.2 Å². The standard InChI is InChI=1S/C22H27N5O3/c1-14-20(22(25-30-14)29-13-17-5-3-4-9-26(17)2)16-8-10-27-18(11-16)12-19(24-27)23-21(28)15-6-7-15/h8,10-12,15,17H,3-7,9,13H2,1-2H3,(H,23,24,28)/t17-/m0/s1. The molecule has 0 radical (unpaired) electrons. The number of hydrogen-bond donors (Lipinski definition) is 1. The Morgan fingerprint density at radius 1 is 1.30 bits per heavy atom. The zero-order valence-corrected chi connectivity index (χ0v) is 17.4. The van der Waals surface area contributed by atoms with Gasteiger partial charge in [0, 0.05) is 24.2 Å². The van der Waals surface area contributed by atoms with E-state index in [1.807, 2.05) is 31.3 Å². The first-order valence-corrected chi connectivity index (χ1v) is 10.7. The van der Waals surface area contributed by atoms with Gasteiger partial charge in [-0.2, -0.15) is 5.10 Å². The predicted molar refractivity (Wildman–Crippen MR) is 113 cm³/mol. The molecule has 1 amide bonds. The van der Waals surface area contributed by atoms with Crippen LogP contribution < -0.4 is 10.1 Å². The summed E-state index contributed by atoms with van der Waals surface area (Å²) in [6.45, 7) is 3.60. The second-order valence-corrected chi connectivity index (χ2v) is 8.44. The molecule has 5 rings (SSSR count). The zero-order valence-electron chi connectivity index (χ0n) is 17.4. The van der Waals surface area contributed by atoms with E-state index < -0.39 is 0 Å². The smallest absolute Gasteiger partial charge is 0.262 e. The van der Waals surface area contributed by atoms with Crippen LogP contribution in [0.1, 0.15) is 37.9 Å². The van der Waals surface area contributed by atoms with Gasteiger partial charge in [-0.3, -0.25) is 4.79 Å². The number of pyridine rings is 1. The summed E-state index contributed by atoms with van der Waals surface area (Å²) in [5.74, 6) is 2.01. The Morgan fingerprint density at radius 2 is 2.17 bits per heavy atom. The minimum Gasteiger partial charge on any atom is -0.473 e. The number of hydrogen-bond acceptors (Lipinski definition) is 6. The first-order chi connectivity index (χ1) is 14.6. The minimum absolute atomic E-state index is 0.0527. The number of aromatic nitrogens is 3. The Kier molecular flexibility index (Phi) is 4.94. The van der Waals surface area contributed by atoms with Gasteiger partial charge in [0.2, 0.25) is 5.91 Å². The third kappa shape index (κ3) is 3.79. The van der Waals surface area contributed by atoms with Crippen molar-refractivity contribution in [3.05, 3.63) is 30.2 Å². The van der Waals surface area contributed by atoms with Gasteiger partial charge in [-0.25, -0.2) is 4.52 Å². The number of piperidine rings is 1. The molecule has 8 heteroatoms. The Balaban J connectivity index is 1.36. The lowest BCUT2D eigenvalue weighted by Crippen LogP contribution is -2.40. The minimum atomic E-state index is 0.0527. The number of aryl methyl sites for hydroxylation is 1. The number of fused-ring (bicyclic) bond motifs is 1. The summed E-state index contributed by atoms with van der Waals surface area (Å²) in [6.07, 6.45) is 7.43. The zero-order chi connectivity index (χ0) is 20.7. The molecular formula is C22H27N5O3. The van der Waals surface area contributed by atoms with E-state index in [0.717, 1.165) is 42.5 Å². The van der Waals surface area contributed by atoms with Crippen LogP contribution in [0.3, 0.4) is 0 Å². The molecule has 3 aromatic rings. The van der Waals surface area contributed by atoms with Crippen molar-refractivity contribution in [3.63, 3.8) is 0 Å². The average molecular weight is 409 g/mol. The summed E-state index contributed by atoms with van der Waals surface area (Å²) < 4.78 is 13.3. The highest BCUT2D eigenvalue weighted by Gasteiger charge is 2.30. The third-order valence-corrected chi connectivity index (χ3v) is 6.12. The monoisotopic (exact) mass is 409 g/mol. The number of ether oxygens (including phenoxy) is 1. The summed E-state index contributed by atoms with van der Waals surface area (Å²) in [7, 11) is 2.15. The highest BCUT2D eigenvalue weighted by Crippen LogP contribution is 2.34. The van der Waals surface area contributed by atoms with Crippen molar-refractivity contribution < 1.29 is 14.1 Å². The molecule has 158 valence electrons. The van der Waals surface area contributed by atoms with Crippen LogP contribution >= 0.6 is 0 Å². The van der Waals surface area contributed by atoms with Crippen LogP contribution in [0.15, 0.2) is 28.9 Å². The molecule has 0 bridgehead atoms. The van der Waals surface area contributed by atoms with Gasteiger partial charge in [-0.1, -0.05) is 6.42 Å². The number of likely N-dealkylation sites (tertiary alicyclic amines) is 1. The normalized spacial score (nSPS) is 19.9. The van der Waals surface area contributed by atoms with Gasteiger partial charge in [-0.05, 0) is 69.1 Å². The Morgan fingerprint density at radius 3 is 2.97 bits per heavy atom. The lowest BCUT2D eigenvalue weighted by Gasteiger charge is -2.31. The second-order valence-electron chi connectivity index (χ2n) is 8.44. The van der Waals surface area contributed by atoms with Crippen LogP contribution in [0.2, 0.25) is 0 Å². The van der Waals surface area contributed by atoms with E-state index in [1.165, 1.54) is 12.8 Å². The Labute approximate surface area is 175 Å². The van der Waals surface area contributed by atoms with Crippen LogP contribution in [-0.4, -0.2) is 51.8 Å². The number of carbonyl (C=O) groups is 1. The molecule has 2 aliphatic rings. The molecule has 0 aromatic carbocycles. The van der Waals surface area contributed by atoms with Crippen molar-refractivity contribution in [1.82, 2.24) is 19.7 Å².